The molecule has 0 spiro atoms. The molecular formula is C14H30N2. The van der Waals surface area contributed by atoms with Gasteiger partial charge >= 0.3 is 0 Å². The summed E-state index contributed by atoms with van der Waals surface area (Å²) in [4.78, 5) is 2.48. The van der Waals surface area contributed by atoms with E-state index >= 15 is 0 Å². The number of hydrogen-bond donors (Lipinski definition) is 1. The smallest absolute Gasteiger partial charge is 0.0249 e. The van der Waals surface area contributed by atoms with Gasteiger partial charge in [-0.15, -0.1) is 0 Å². The molecule has 16 heavy (non-hydrogen) atoms. The molecule has 0 amide bonds. The lowest BCUT2D eigenvalue weighted by molar-refractivity contribution is 0.0648. The molecule has 2 unspecified atom stereocenters. The molecule has 1 fully saturated rings. The molecule has 0 heterocycles. The summed E-state index contributed by atoms with van der Waals surface area (Å²) in [6, 6.07) is 0.872. The molecule has 2 N–H and O–H groups in total. The van der Waals surface area contributed by atoms with Gasteiger partial charge in [0.2, 0.25) is 0 Å². The summed E-state index contributed by atoms with van der Waals surface area (Å²) in [5.41, 5.74) is 7.09. The van der Waals surface area contributed by atoms with E-state index in [1.165, 1.54) is 19.3 Å². The molecule has 1 saturated carbocycles. The lowest BCUT2D eigenvalue weighted by Gasteiger charge is -2.46. The predicted molar refractivity (Wildman–Crippen MR) is 71.5 cm³/mol. The van der Waals surface area contributed by atoms with Crippen LogP contribution in [0.2, 0.25) is 0 Å². The molecule has 0 saturated heterocycles. The maximum Gasteiger partial charge on any atom is 0.0249 e. The fourth-order valence-electron chi connectivity index (χ4n) is 2.99. The summed E-state index contributed by atoms with van der Waals surface area (Å²) in [7, 11) is 2.23. The van der Waals surface area contributed by atoms with Gasteiger partial charge in [-0.05, 0) is 30.7 Å². The number of hydrogen-bond acceptors (Lipinski definition) is 2. The highest BCUT2D eigenvalue weighted by Crippen LogP contribution is 2.36. The Hall–Kier alpha value is -0.0800. The van der Waals surface area contributed by atoms with Crippen LogP contribution >= 0.6 is 0 Å². The Morgan fingerprint density at radius 1 is 1.31 bits per heavy atom. The minimum Gasteiger partial charge on any atom is -0.326 e. The molecular weight excluding hydrogens is 196 g/mol. The number of likely N-dealkylation sites (N-methyl/N-ethyl adjacent to an activating group) is 1. The fraction of sp³-hybridized carbons (Fsp3) is 1.00. The first-order valence-corrected chi connectivity index (χ1v) is 6.59. The van der Waals surface area contributed by atoms with E-state index in [0.717, 1.165) is 6.54 Å². The average molecular weight is 226 g/mol. The molecule has 0 aromatic heterocycles. The van der Waals surface area contributed by atoms with Crippen molar-refractivity contribution >= 4 is 0 Å². The molecule has 0 aromatic carbocycles. The fourth-order valence-corrected chi connectivity index (χ4v) is 2.99. The molecule has 2 nitrogen and oxygen atoms in total. The van der Waals surface area contributed by atoms with Crippen LogP contribution in [-0.4, -0.2) is 30.6 Å². The Morgan fingerprint density at radius 3 is 2.38 bits per heavy atom. The normalized spacial score (nSPS) is 30.8. The van der Waals surface area contributed by atoms with Gasteiger partial charge in [0.25, 0.3) is 0 Å². The van der Waals surface area contributed by atoms with Crippen LogP contribution in [0.5, 0.6) is 0 Å². The molecule has 0 aliphatic heterocycles. The third kappa shape index (κ3) is 3.46. The van der Waals surface area contributed by atoms with E-state index in [9.17, 15) is 0 Å². The quantitative estimate of drug-likeness (QED) is 0.784. The molecule has 1 aliphatic rings. The highest BCUT2D eigenvalue weighted by atomic mass is 15.2. The van der Waals surface area contributed by atoms with Crippen molar-refractivity contribution in [1.29, 1.82) is 0 Å². The predicted octanol–water partition coefficient (Wildman–Crippen LogP) is 2.87. The topological polar surface area (TPSA) is 29.3 Å². The summed E-state index contributed by atoms with van der Waals surface area (Å²) < 4.78 is 0. The van der Waals surface area contributed by atoms with E-state index in [0.29, 0.717) is 22.9 Å². The maximum absolute atomic E-state index is 6.43. The third-order valence-electron chi connectivity index (χ3n) is 3.93. The van der Waals surface area contributed by atoms with Crippen LogP contribution in [0, 0.1) is 10.8 Å². The minimum atomic E-state index is 0.301. The van der Waals surface area contributed by atoms with Crippen molar-refractivity contribution in [3.05, 3.63) is 0 Å². The number of nitrogens with zero attached hydrogens (tertiary/aromatic N) is 1. The van der Waals surface area contributed by atoms with Gasteiger partial charge in [0.1, 0.15) is 0 Å². The molecule has 96 valence electrons. The van der Waals surface area contributed by atoms with Gasteiger partial charge in [0, 0.05) is 18.6 Å². The summed E-state index contributed by atoms with van der Waals surface area (Å²) >= 11 is 0. The van der Waals surface area contributed by atoms with Crippen molar-refractivity contribution in [2.45, 2.75) is 66.0 Å². The zero-order valence-corrected chi connectivity index (χ0v) is 12.0. The molecule has 0 bridgehead atoms. The standard InChI is InChI=1S/C14H30N2/c1-13(2,3)10-16(6)11-8-7-9-14(4,5)12(11)15/h11-12H,7-10,15H2,1-6H3. The maximum atomic E-state index is 6.43. The first-order valence-electron chi connectivity index (χ1n) is 6.59. The summed E-state index contributed by atoms with van der Waals surface area (Å²) in [6.45, 7) is 12.6. The van der Waals surface area contributed by atoms with Crippen LogP contribution in [0.3, 0.4) is 0 Å². The molecule has 1 rings (SSSR count). The summed E-state index contributed by atoms with van der Waals surface area (Å²) in [5.74, 6) is 0. The van der Waals surface area contributed by atoms with E-state index in [1.54, 1.807) is 0 Å². The molecule has 2 atom stereocenters. The van der Waals surface area contributed by atoms with E-state index < -0.39 is 0 Å². The van der Waals surface area contributed by atoms with Crippen LogP contribution in [0.4, 0.5) is 0 Å². The summed E-state index contributed by atoms with van der Waals surface area (Å²) in [6.07, 6.45) is 3.85. The van der Waals surface area contributed by atoms with E-state index in [2.05, 4.69) is 46.6 Å². The SMILES string of the molecule is CN(CC(C)(C)C)C1CCCC(C)(C)C1N. The highest BCUT2D eigenvalue weighted by Gasteiger charge is 2.38. The lowest BCUT2D eigenvalue weighted by Crippen LogP contribution is -2.57. The Balaban J connectivity index is 2.65. The van der Waals surface area contributed by atoms with Gasteiger partial charge < -0.3 is 10.6 Å². The first kappa shape index (κ1) is 14.0. The third-order valence-corrected chi connectivity index (χ3v) is 3.93. The van der Waals surface area contributed by atoms with E-state index in [1.807, 2.05) is 0 Å². The number of rotatable bonds is 2. The second-order valence-corrected chi connectivity index (χ2v) is 7.45. The van der Waals surface area contributed by atoms with E-state index in [4.69, 9.17) is 5.73 Å². The number of nitrogens with two attached hydrogens (primary N) is 1. The van der Waals surface area contributed by atoms with Crippen molar-refractivity contribution in [3.8, 4) is 0 Å². The zero-order valence-electron chi connectivity index (χ0n) is 12.0. The van der Waals surface area contributed by atoms with Crippen LogP contribution in [0.1, 0.15) is 53.9 Å². The Bertz CT molecular complexity index is 227. The molecule has 0 radical (unpaired) electrons. The average Bonchev–Trinajstić information content (AvgIpc) is 2.06. The Kier molecular flexibility index (Phi) is 4.07. The van der Waals surface area contributed by atoms with Crippen LogP contribution in [0.25, 0.3) is 0 Å². The van der Waals surface area contributed by atoms with Crippen molar-refractivity contribution in [2.24, 2.45) is 16.6 Å². The van der Waals surface area contributed by atoms with Crippen molar-refractivity contribution in [2.75, 3.05) is 13.6 Å². The zero-order chi connectivity index (χ0) is 12.6. The van der Waals surface area contributed by atoms with Gasteiger partial charge in [-0.25, -0.2) is 0 Å². The van der Waals surface area contributed by atoms with Gasteiger partial charge in [0.15, 0.2) is 0 Å². The van der Waals surface area contributed by atoms with Crippen molar-refractivity contribution in [1.82, 2.24) is 4.90 Å². The monoisotopic (exact) mass is 226 g/mol. The van der Waals surface area contributed by atoms with Gasteiger partial charge in [0.05, 0.1) is 0 Å². The molecule has 2 heteroatoms. The minimum absolute atomic E-state index is 0.301. The first-order chi connectivity index (χ1) is 7.13. The molecule has 0 aromatic rings. The molecule has 1 aliphatic carbocycles. The van der Waals surface area contributed by atoms with Gasteiger partial charge in [-0.2, -0.15) is 0 Å². The van der Waals surface area contributed by atoms with Gasteiger partial charge in [-0.1, -0.05) is 41.0 Å². The lowest BCUT2D eigenvalue weighted by atomic mass is 9.70. The largest absolute Gasteiger partial charge is 0.326 e. The second kappa shape index (κ2) is 4.66. The van der Waals surface area contributed by atoms with Crippen LogP contribution in [-0.2, 0) is 0 Å². The Labute approximate surface area is 102 Å². The van der Waals surface area contributed by atoms with Gasteiger partial charge in [-0.3, -0.25) is 0 Å². The van der Waals surface area contributed by atoms with Crippen molar-refractivity contribution in [3.63, 3.8) is 0 Å². The Morgan fingerprint density at radius 2 is 1.88 bits per heavy atom. The highest BCUT2D eigenvalue weighted by molar-refractivity contribution is 4.96. The summed E-state index contributed by atoms with van der Waals surface area (Å²) in [5, 5.41) is 0. The van der Waals surface area contributed by atoms with Crippen LogP contribution < -0.4 is 5.73 Å². The second-order valence-electron chi connectivity index (χ2n) is 7.45. The van der Waals surface area contributed by atoms with Crippen molar-refractivity contribution < 1.29 is 0 Å². The van der Waals surface area contributed by atoms with Crippen LogP contribution in [0.15, 0.2) is 0 Å². The van der Waals surface area contributed by atoms with E-state index in [-0.39, 0.29) is 0 Å².